The molecule has 0 unspecified atom stereocenters. The van der Waals surface area contributed by atoms with Crippen molar-refractivity contribution < 1.29 is 52.4 Å². The number of imidazole rings is 1. The second kappa shape index (κ2) is 33.0. The van der Waals surface area contributed by atoms with Crippen molar-refractivity contribution in [3.63, 3.8) is 0 Å². The fraction of sp³-hybridized carbons (Fsp3) is 0.659. The van der Waals surface area contributed by atoms with Gasteiger partial charge in [-0.05, 0) is 64.3 Å². The number of nitrogens with zero attached hydrogens (tertiary/aromatic N) is 4. The third kappa shape index (κ3) is 26.3. The van der Waals surface area contributed by atoms with Gasteiger partial charge in [0.1, 0.15) is 12.4 Å². The number of carbonyl (C=O) groups excluding carboxylic acids is 5. The van der Waals surface area contributed by atoms with E-state index in [0.29, 0.717) is 110 Å². The number of nitrogens with one attached hydrogen (secondary N) is 5. The van der Waals surface area contributed by atoms with E-state index in [9.17, 15) is 24.0 Å². The number of amides is 5. The molecule has 61 heavy (non-hydrogen) atoms. The van der Waals surface area contributed by atoms with Crippen LogP contribution in [0.1, 0.15) is 49.6 Å². The predicted octanol–water partition coefficient (Wildman–Crippen LogP) is 0.885. The second-order valence-corrected chi connectivity index (χ2v) is 14.0. The van der Waals surface area contributed by atoms with E-state index < -0.39 is 5.91 Å². The topological polar surface area (TPSA) is 225 Å². The molecular weight excluding hydrogens is 795 g/mol. The molecule has 0 aliphatic rings. The molecule has 0 bridgehead atoms. The molecule has 0 fully saturated rings. The number of hydrogen-bond donors (Lipinski definition) is 5. The number of aryl methyl sites for hydroxylation is 1. The standard InChI is InChI=1S/C41H69N9O11/c1-33(51)45-34-8-10-35(11-9-34)61-31-30-60-29-28-59-27-26-58-25-24-57-23-22-56-21-14-39(54)49(4)20-7-19-48(3)18-6-15-43-37(52)13-17-44-41(55)40-47-36(32-50(40)5)46-38(53)12-16-42-2/h8-11,32,42H,6-7,12-31H2,1-5H3,(H,43,52)(H,44,55)(H,45,51)(H,46,53). The molecule has 20 heteroatoms. The highest BCUT2D eigenvalue weighted by Gasteiger charge is 2.16. The van der Waals surface area contributed by atoms with E-state index in [1.165, 1.54) is 11.5 Å². The van der Waals surface area contributed by atoms with Crippen LogP contribution in [-0.4, -0.2) is 182 Å². The number of carbonyl (C=O) groups is 5. The quantitative estimate of drug-likeness (QED) is 0.0601. The number of rotatable bonds is 36. The maximum absolute atomic E-state index is 12.5. The van der Waals surface area contributed by atoms with Crippen LogP contribution in [0.25, 0.3) is 0 Å². The summed E-state index contributed by atoms with van der Waals surface area (Å²) >= 11 is 0. The van der Waals surface area contributed by atoms with Crippen LogP contribution in [0.15, 0.2) is 30.5 Å². The largest absolute Gasteiger partial charge is 0.491 e. The molecule has 0 saturated carbocycles. The van der Waals surface area contributed by atoms with Gasteiger partial charge in [-0.1, -0.05) is 0 Å². The molecule has 0 aliphatic heterocycles. The fourth-order valence-corrected chi connectivity index (χ4v) is 5.42. The molecule has 5 amide bonds. The van der Waals surface area contributed by atoms with Gasteiger partial charge in [-0.15, -0.1) is 0 Å². The molecule has 0 spiro atoms. The Morgan fingerprint density at radius 2 is 1.23 bits per heavy atom. The van der Waals surface area contributed by atoms with Gasteiger partial charge in [0, 0.05) is 71.9 Å². The van der Waals surface area contributed by atoms with Crippen LogP contribution in [0.4, 0.5) is 11.5 Å². The maximum Gasteiger partial charge on any atom is 0.287 e. The van der Waals surface area contributed by atoms with Gasteiger partial charge in [0.05, 0.1) is 72.5 Å². The first-order valence-corrected chi connectivity index (χ1v) is 20.8. The first kappa shape index (κ1) is 52.4. The van der Waals surface area contributed by atoms with Gasteiger partial charge in [0.25, 0.3) is 5.91 Å². The number of hydrogen-bond acceptors (Lipinski definition) is 14. The summed E-state index contributed by atoms with van der Waals surface area (Å²) in [7, 11) is 7.21. The first-order valence-electron chi connectivity index (χ1n) is 20.8. The number of benzene rings is 1. The van der Waals surface area contributed by atoms with E-state index in [0.717, 1.165) is 31.6 Å². The molecule has 1 aromatic carbocycles. The molecule has 1 heterocycles. The molecule has 0 radical (unpaired) electrons. The Balaban J connectivity index is 1.33. The average molecular weight is 864 g/mol. The predicted molar refractivity (Wildman–Crippen MR) is 230 cm³/mol. The van der Waals surface area contributed by atoms with Crippen LogP contribution in [0.3, 0.4) is 0 Å². The van der Waals surface area contributed by atoms with Crippen molar-refractivity contribution in [2.24, 2.45) is 7.05 Å². The monoisotopic (exact) mass is 864 g/mol. The smallest absolute Gasteiger partial charge is 0.287 e. The minimum atomic E-state index is -0.433. The van der Waals surface area contributed by atoms with E-state index in [4.69, 9.17) is 28.4 Å². The minimum Gasteiger partial charge on any atom is -0.491 e. The number of aromatic nitrogens is 2. The van der Waals surface area contributed by atoms with Crippen molar-refractivity contribution in [2.45, 2.75) is 39.0 Å². The van der Waals surface area contributed by atoms with Gasteiger partial charge >= 0.3 is 0 Å². The lowest BCUT2D eigenvalue weighted by atomic mass is 10.3. The normalized spacial score (nSPS) is 11.0. The Kier molecular flexibility index (Phi) is 28.4. The van der Waals surface area contributed by atoms with E-state index >= 15 is 0 Å². The van der Waals surface area contributed by atoms with Crippen LogP contribution < -0.4 is 31.3 Å². The molecule has 20 nitrogen and oxygen atoms in total. The first-order chi connectivity index (χ1) is 29.5. The van der Waals surface area contributed by atoms with Gasteiger partial charge in [0.2, 0.25) is 29.5 Å². The number of anilines is 2. The van der Waals surface area contributed by atoms with E-state index in [-0.39, 0.29) is 48.8 Å². The highest BCUT2D eigenvalue weighted by Crippen LogP contribution is 2.15. The summed E-state index contributed by atoms with van der Waals surface area (Å²) in [6.45, 7) is 9.56. The SMILES string of the molecule is CNCCC(=O)Nc1cn(C)c(C(=O)NCCC(=O)NCCCN(C)CCCN(C)C(=O)CCOCCOCCOCCOCCOCCOc2ccc(NC(C)=O)cc2)n1. The van der Waals surface area contributed by atoms with Gasteiger partial charge in [-0.25, -0.2) is 4.98 Å². The summed E-state index contributed by atoms with van der Waals surface area (Å²) in [5, 5.41) is 13.8. The Bertz CT molecular complexity index is 1550. The minimum absolute atomic E-state index is 0.0238. The Hall–Kier alpha value is -4.70. The van der Waals surface area contributed by atoms with Gasteiger partial charge in [-0.3, -0.25) is 24.0 Å². The van der Waals surface area contributed by atoms with Crippen molar-refractivity contribution in [3.8, 4) is 5.75 Å². The van der Waals surface area contributed by atoms with Crippen molar-refractivity contribution in [1.82, 2.24) is 35.3 Å². The summed E-state index contributed by atoms with van der Waals surface area (Å²) in [5.74, 6) is 0.233. The Morgan fingerprint density at radius 1 is 0.656 bits per heavy atom. The van der Waals surface area contributed by atoms with Crippen LogP contribution >= 0.6 is 0 Å². The fourth-order valence-electron chi connectivity index (χ4n) is 5.42. The molecule has 344 valence electrons. The van der Waals surface area contributed by atoms with E-state index in [1.54, 1.807) is 56.5 Å². The Labute approximate surface area is 360 Å². The summed E-state index contributed by atoms with van der Waals surface area (Å²) in [4.78, 5) is 68.3. The molecule has 2 aromatic rings. The van der Waals surface area contributed by atoms with Gasteiger partial charge in [0.15, 0.2) is 5.82 Å². The molecule has 0 saturated heterocycles. The van der Waals surface area contributed by atoms with Gasteiger partial charge in [-0.2, -0.15) is 0 Å². The van der Waals surface area contributed by atoms with Crippen LogP contribution in [0.5, 0.6) is 5.75 Å². The van der Waals surface area contributed by atoms with Crippen molar-refractivity contribution in [3.05, 3.63) is 36.3 Å². The maximum atomic E-state index is 12.5. The summed E-state index contributed by atoms with van der Waals surface area (Å²) in [6.07, 6.45) is 3.86. The third-order valence-corrected chi connectivity index (χ3v) is 8.70. The van der Waals surface area contributed by atoms with E-state index in [1.807, 2.05) is 7.05 Å². The van der Waals surface area contributed by atoms with Crippen molar-refractivity contribution in [2.75, 3.05) is 144 Å². The van der Waals surface area contributed by atoms with Gasteiger partial charge < -0.3 is 69.4 Å². The zero-order valence-corrected chi connectivity index (χ0v) is 36.7. The van der Waals surface area contributed by atoms with Crippen molar-refractivity contribution >= 4 is 41.0 Å². The summed E-state index contributed by atoms with van der Waals surface area (Å²) in [6, 6.07) is 7.13. The zero-order chi connectivity index (χ0) is 44.5. The van der Waals surface area contributed by atoms with Crippen LogP contribution in [0.2, 0.25) is 0 Å². The van der Waals surface area contributed by atoms with E-state index in [2.05, 4.69) is 36.5 Å². The zero-order valence-electron chi connectivity index (χ0n) is 36.7. The molecule has 1 aromatic heterocycles. The number of ether oxygens (including phenoxy) is 6. The molecular formula is C41H69N9O11. The third-order valence-electron chi connectivity index (χ3n) is 8.70. The molecule has 0 aliphatic carbocycles. The van der Waals surface area contributed by atoms with Crippen molar-refractivity contribution in [1.29, 1.82) is 0 Å². The summed E-state index contributed by atoms with van der Waals surface area (Å²) < 4.78 is 34.7. The average Bonchev–Trinajstić information content (AvgIpc) is 3.60. The van der Waals surface area contributed by atoms with Crippen LogP contribution in [-0.2, 0) is 49.9 Å². The second-order valence-electron chi connectivity index (χ2n) is 14.0. The lowest BCUT2D eigenvalue weighted by Gasteiger charge is -2.20. The molecule has 0 atom stereocenters. The van der Waals surface area contributed by atoms with Crippen LogP contribution in [0, 0.1) is 0 Å². The lowest BCUT2D eigenvalue weighted by Crippen LogP contribution is -2.33. The summed E-state index contributed by atoms with van der Waals surface area (Å²) in [5.41, 5.74) is 0.718. The molecule has 5 N–H and O–H groups in total. The highest BCUT2D eigenvalue weighted by atomic mass is 16.6. The Morgan fingerprint density at radius 3 is 1.84 bits per heavy atom. The molecule has 2 rings (SSSR count). The lowest BCUT2D eigenvalue weighted by molar-refractivity contribution is -0.131. The highest BCUT2D eigenvalue weighted by molar-refractivity contribution is 5.94.